The molecule has 0 aliphatic rings. The Hall–Kier alpha value is -1.89. The molecule has 0 saturated heterocycles. The number of unbranched alkanes of at least 4 members (excludes halogenated alkanes) is 8. The number of carboxylic acid groups (broad SMARTS) is 3. The summed E-state index contributed by atoms with van der Waals surface area (Å²) in [6.07, 6.45) is 17.9. The molecule has 0 saturated carbocycles. The maximum Gasteiger partial charge on any atom is 0.303 e. The van der Waals surface area contributed by atoms with Crippen LogP contribution in [0.1, 0.15) is 110 Å². The number of hydrogen-bond acceptors (Lipinski definition) is 4. The molecule has 0 heterocycles. The second-order valence-corrected chi connectivity index (χ2v) is 9.23. The van der Waals surface area contributed by atoms with E-state index in [9.17, 15) is 19.5 Å². The van der Waals surface area contributed by atoms with Crippen molar-refractivity contribution in [1.82, 2.24) is 0 Å². The van der Waals surface area contributed by atoms with Crippen molar-refractivity contribution < 1.29 is 34.2 Å². The van der Waals surface area contributed by atoms with Crippen LogP contribution in [0.25, 0.3) is 0 Å². The van der Waals surface area contributed by atoms with Crippen LogP contribution in [-0.2, 0) is 14.4 Å². The summed E-state index contributed by atoms with van der Waals surface area (Å²) in [5, 5.41) is 28.9. The summed E-state index contributed by atoms with van der Waals surface area (Å²) in [7, 11) is 0. The van der Waals surface area contributed by atoms with Crippen molar-refractivity contribution in [1.29, 1.82) is 0 Å². The number of allylic oxidation sites excluding steroid dienone is 2. The SMILES string of the molecule is CCCCCC/C=C/CCCCCC[N+](CCCC(=O)[O-])(CCCC(=O)O)CCCC(=O)O. The molecule has 0 aliphatic heterocycles. The molecular formula is C26H47NO6. The van der Waals surface area contributed by atoms with Gasteiger partial charge in [-0.2, -0.15) is 0 Å². The van der Waals surface area contributed by atoms with Crippen LogP contribution < -0.4 is 5.11 Å². The zero-order valence-corrected chi connectivity index (χ0v) is 20.8. The van der Waals surface area contributed by atoms with Crippen LogP contribution in [0.3, 0.4) is 0 Å². The lowest BCUT2D eigenvalue weighted by Gasteiger charge is -2.39. The van der Waals surface area contributed by atoms with Crippen LogP contribution in [0.2, 0.25) is 0 Å². The Morgan fingerprint density at radius 3 is 1.52 bits per heavy atom. The average molecular weight is 470 g/mol. The van der Waals surface area contributed by atoms with Crippen molar-refractivity contribution in [2.75, 3.05) is 26.2 Å². The fourth-order valence-corrected chi connectivity index (χ4v) is 4.35. The minimum Gasteiger partial charge on any atom is -0.550 e. The highest BCUT2D eigenvalue weighted by Gasteiger charge is 2.26. The highest BCUT2D eigenvalue weighted by Crippen LogP contribution is 2.18. The van der Waals surface area contributed by atoms with Gasteiger partial charge >= 0.3 is 11.9 Å². The number of nitrogens with zero attached hydrogens (tertiary/aromatic N) is 1. The molecule has 0 radical (unpaired) electrons. The first-order valence-electron chi connectivity index (χ1n) is 12.9. The Morgan fingerprint density at radius 1 is 0.636 bits per heavy atom. The van der Waals surface area contributed by atoms with E-state index in [1.807, 2.05) is 0 Å². The Kier molecular flexibility index (Phi) is 19.5. The molecule has 33 heavy (non-hydrogen) atoms. The summed E-state index contributed by atoms with van der Waals surface area (Å²) in [6, 6.07) is 0. The molecule has 0 amide bonds. The Morgan fingerprint density at radius 2 is 1.06 bits per heavy atom. The van der Waals surface area contributed by atoms with Crippen LogP contribution >= 0.6 is 0 Å². The van der Waals surface area contributed by atoms with E-state index in [1.165, 1.54) is 32.1 Å². The predicted octanol–water partition coefficient (Wildman–Crippen LogP) is 4.54. The van der Waals surface area contributed by atoms with E-state index in [1.54, 1.807) is 0 Å². The normalized spacial score (nSPS) is 11.8. The zero-order chi connectivity index (χ0) is 24.8. The third-order valence-electron chi connectivity index (χ3n) is 6.20. The minimum absolute atomic E-state index is 0.0252. The highest BCUT2D eigenvalue weighted by atomic mass is 16.4. The van der Waals surface area contributed by atoms with Crippen molar-refractivity contribution >= 4 is 17.9 Å². The average Bonchev–Trinajstić information content (AvgIpc) is 2.73. The molecule has 0 aromatic rings. The van der Waals surface area contributed by atoms with Gasteiger partial charge in [0.05, 0.1) is 39.0 Å². The summed E-state index contributed by atoms with van der Waals surface area (Å²) in [5.41, 5.74) is 0. The molecule has 0 unspecified atom stereocenters. The molecule has 0 atom stereocenters. The summed E-state index contributed by atoms with van der Waals surface area (Å²) in [4.78, 5) is 32.9. The Balaban J connectivity index is 4.56. The van der Waals surface area contributed by atoms with E-state index in [2.05, 4.69) is 19.1 Å². The fraction of sp³-hybridized carbons (Fsp3) is 0.808. The molecule has 0 fully saturated rings. The van der Waals surface area contributed by atoms with Gasteiger partial charge in [0, 0.05) is 25.2 Å². The molecule has 0 rings (SSSR count). The van der Waals surface area contributed by atoms with Gasteiger partial charge in [0.1, 0.15) is 0 Å². The van der Waals surface area contributed by atoms with Gasteiger partial charge in [-0.25, -0.2) is 0 Å². The van der Waals surface area contributed by atoms with Crippen molar-refractivity contribution in [2.24, 2.45) is 0 Å². The first-order chi connectivity index (χ1) is 15.8. The van der Waals surface area contributed by atoms with Gasteiger partial charge in [-0.1, -0.05) is 44.8 Å². The van der Waals surface area contributed by atoms with Crippen LogP contribution in [-0.4, -0.2) is 58.8 Å². The van der Waals surface area contributed by atoms with E-state index < -0.39 is 17.9 Å². The lowest BCUT2D eigenvalue weighted by atomic mass is 10.1. The highest BCUT2D eigenvalue weighted by molar-refractivity contribution is 5.66. The minimum atomic E-state index is -1.08. The van der Waals surface area contributed by atoms with Crippen molar-refractivity contribution in [3.8, 4) is 0 Å². The maximum atomic E-state index is 11.0. The van der Waals surface area contributed by atoms with Gasteiger partial charge in [-0.3, -0.25) is 9.59 Å². The van der Waals surface area contributed by atoms with E-state index in [4.69, 9.17) is 10.2 Å². The first-order valence-corrected chi connectivity index (χ1v) is 12.9. The topological polar surface area (TPSA) is 115 Å². The van der Waals surface area contributed by atoms with Crippen LogP contribution in [0.5, 0.6) is 0 Å². The number of rotatable bonds is 24. The Bertz CT molecular complexity index is 511. The fourth-order valence-electron chi connectivity index (χ4n) is 4.35. The van der Waals surface area contributed by atoms with Crippen LogP contribution in [0, 0.1) is 0 Å². The molecule has 0 bridgehead atoms. The summed E-state index contributed by atoms with van der Waals surface area (Å²) >= 11 is 0. The first kappa shape index (κ1) is 31.1. The number of carbonyl (C=O) groups excluding carboxylic acids is 1. The second-order valence-electron chi connectivity index (χ2n) is 9.23. The molecular weight excluding hydrogens is 422 g/mol. The van der Waals surface area contributed by atoms with Gasteiger partial charge < -0.3 is 24.6 Å². The van der Waals surface area contributed by atoms with E-state index >= 15 is 0 Å². The van der Waals surface area contributed by atoms with Crippen LogP contribution in [0.15, 0.2) is 12.2 Å². The largest absolute Gasteiger partial charge is 0.550 e. The molecule has 192 valence electrons. The smallest absolute Gasteiger partial charge is 0.303 e. The number of carboxylic acids is 3. The molecule has 2 N–H and O–H groups in total. The predicted molar refractivity (Wildman–Crippen MR) is 129 cm³/mol. The lowest BCUT2D eigenvalue weighted by Crippen LogP contribution is -2.51. The maximum absolute atomic E-state index is 11.0. The van der Waals surface area contributed by atoms with Crippen molar-refractivity contribution in [3.05, 3.63) is 12.2 Å². The molecule has 0 aliphatic carbocycles. The van der Waals surface area contributed by atoms with Gasteiger partial charge in [0.25, 0.3) is 0 Å². The van der Waals surface area contributed by atoms with Crippen molar-refractivity contribution in [2.45, 2.75) is 110 Å². The van der Waals surface area contributed by atoms with E-state index in [0.717, 1.165) is 38.6 Å². The summed E-state index contributed by atoms with van der Waals surface area (Å²) in [5.74, 6) is -2.76. The Labute approximate surface area is 200 Å². The number of quaternary nitrogens is 1. The van der Waals surface area contributed by atoms with E-state index in [-0.39, 0.29) is 19.3 Å². The van der Waals surface area contributed by atoms with Crippen LogP contribution in [0.4, 0.5) is 0 Å². The molecule has 7 nitrogen and oxygen atoms in total. The third-order valence-corrected chi connectivity index (χ3v) is 6.20. The number of hydrogen-bond donors (Lipinski definition) is 2. The molecule has 0 aromatic heterocycles. The van der Waals surface area contributed by atoms with Gasteiger partial charge in [-0.15, -0.1) is 0 Å². The standard InChI is InChI=1S/C26H47NO6/c1-2-3-4-5-6-7-8-9-10-11-12-13-20-27(21-14-17-24(28)29,22-15-18-25(30)31)23-16-19-26(32)33/h7-8H,2-6,9-23H2,1H3,(H2-,28,29,30,31,32,33)/b8-7+. The van der Waals surface area contributed by atoms with Gasteiger partial charge in [0.2, 0.25) is 0 Å². The third kappa shape index (κ3) is 20.4. The molecule has 0 spiro atoms. The molecule has 0 aromatic carbocycles. The van der Waals surface area contributed by atoms with Gasteiger partial charge in [0.15, 0.2) is 0 Å². The molecule has 7 heteroatoms. The van der Waals surface area contributed by atoms with E-state index in [0.29, 0.717) is 43.4 Å². The lowest BCUT2D eigenvalue weighted by molar-refractivity contribution is -0.929. The summed E-state index contributed by atoms with van der Waals surface area (Å²) in [6.45, 7) is 4.95. The van der Waals surface area contributed by atoms with Crippen molar-refractivity contribution in [3.63, 3.8) is 0 Å². The second kappa shape index (κ2) is 20.7. The number of aliphatic carboxylic acids is 3. The summed E-state index contributed by atoms with van der Waals surface area (Å²) < 4.78 is 0.603. The zero-order valence-electron chi connectivity index (χ0n) is 20.8. The number of carbonyl (C=O) groups is 3. The van der Waals surface area contributed by atoms with Gasteiger partial charge in [-0.05, 0) is 44.9 Å². The quantitative estimate of drug-likeness (QED) is 0.122. The monoisotopic (exact) mass is 469 g/mol.